The summed E-state index contributed by atoms with van der Waals surface area (Å²) in [6.45, 7) is 0.202. The first kappa shape index (κ1) is 18.6. The van der Waals surface area contributed by atoms with Crippen LogP contribution in [0, 0.1) is 10.7 Å². The van der Waals surface area contributed by atoms with Crippen LogP contribution in [0.4, 0.5) is 15.9 Å². The lowest BCUT2D eigenvalue weighted by Crippen LogP contribution is -2.03. The van der Waals surface area contributed by atoms with Crippen molar-refractivity contribution in [1.82, 2.24) is 9.97 Å². The molecule has 0 saturated heterocycles. The van der Waals surface area contributed by atoms with Gasteiger partial charge in [0.05, 0.1) is 18.2 Å². The van der Waals surface area contributed by atoms with Gasteiger partial charge in [0.1, 0.15) is 18.0 Å². The van der Waals surface area contributed by atoms with Crippen LogP contribution in [0.2, 0.25) is 0 Å². The van der Waals surface area contributed by atoms with Gasteiger partial charge in [0.25, 0.3) is 0 Å². The molecule has 0 atom stereocenters. The smallest absolute Gasteiger partial charge is 0.318 e. The number of nitroso groups, excluding NO2 is 1. The highest BCUT2D eigenvalue weighted by molar-refractivity contribution is 8.00. The van der Waals surface area contributed by atoms with Gasteiger partial charge in [-0.15, -0.1) is 4.91 Å². The van der Waals surface area contributed by atoms with Crippen molar-refractivity contribution < 1.29 is 13.9 Å². The Balaban J connectivity index is 1.67. The average Bonchev–Trinajstić information content (AvgIpc) is 2.72. The molecule has 0 aliphatic rings. The number of aromatic nitrogens is 2. The molecule has 1 heterocycles. The van der Waals surface area contributed by atoms with Crippen molar-refractivity contribution in [2.45, 2.75) is 11.5 Å². The number of hydrogen-bond donors (Lipinski definition) is 1. The molecule has 0 saturated carbocycles. The Hall–Kier alpha value is -3.20. The molecule has 3 aromatic rings. The van der Waals surface area contributed by atoms with E-state index in [4.69, 9.17) is 9.47 Å². The molecular weight excluding hydrogens is 371 g/mol. The molecule has 0 amide bonds. The van der Waals surface area contributed by atoms with E-state index in [0.29, 0.717) is 10.6 Å². The fourth-order valence-corrected chi connectivity index (χ4v) is 2.83. The minimum absolute atomic E-state index is 0.0177. The number of benzene rings is 2. The van der Waals surface area contributed by atoms with Crippen molar-refractivity contribution in [3.8, 4) is 11.8 Å². The fraction of sp³-hybridized carbons (Fsp3) is 0.111. The van der Waals surface area contributed by atoms with Gasteiger partial charge in [-0.3, -0.25) is 0 Å². The number of nitrogens with zero attached hydrogens (tertiary/aromatic N) is 3. The zero-order valence-corrected chi connectivity index (χ0v) is 15.1. The predicted octanol–water partition coefficient (Wildman–Crippen LogP) is 4.72. The lowest BCUT2D eigenvalue weighted by atomic mass is 10.2. The highest BCUT2D eigenvalue weighted by Gasteiger charge is 2.10. The third-order valence-electron chi connectivity index (χ3n) is 3.45. The molecule has 0 unspecified atom stereocenters. The minimum atomic E-state index is -0.646. The van der Waals surface area contributed by atoms with E-state index < -0.39 is 5.82 Å². The van der Waals surface area contributed by atoms with Crippen LogP contribution in [-0.2, 0) is 6.61 Å². The molecule has 2 aromatic carbocycles. The van der Waals surface area contributed by atoms with Gasteiger partial charge in [0, 0.05) is 0 Å². The summed E-state index contributed by atoms with van der Waals surface area (Å²) < 4.78 is 27.4. The van der Waals surface area contributed by atoms with Gasteiger partial charge >= 0.3 is 6.01 Å². The van der Waals surface area contributed by atoms with E-state index in [1.165, 1.54) is 0 Å². The van der Waals surface area contributed by atoms with E-state index in [9.17, 15) is 9.30 Å². The van der Waals surface area contributed by atoms with Crippen molar-refractivity contribution in [2.75, 3.05) is 11.8 Å². The normalized spacial score (nSPS) is 10.3. The van der Waals surface area contributed by atoms with Gasteiger partial charge < -0.3 is 14.2 Å². The Kier molecular flexibility index (Phi) is 6.16. The third-order valence-corrected chi connectivity index (χ3v) is 4.31. The fourth-order valence-electron chi connectivity index (χ4n) is 2.12. The maximum absolute atomic E-state index is 14.0. The van der Waals surface area contributed by atoms with E-state index in [1.807, 2.05) is 24.3 Å². The Morgan fingerprint density at radius 3 is 2.89 bits per heavy atom. The monoisotopic (exact) mass is 386 g/mol. The average molecular weight is 386 g/mol. The molecule has 0 bridgehead atoms. The summed E-state index contributed by atoms with van der Waals surface area (Å²) >= 11 is 1.02. The summed E-state index contributed by atoms with van der Waals surface area (Å²) in [5, 5.41) is 2.93. The molecule has 27 heavy (non-hydrogen) atoms. The maximum atomic E-state index is 14.0. The summed E-state index contributed by atoms with van der Waals surface area (Å²) in [4.78, 5) is 19.2. The quantitative estimate of drug-likeness (QED) is 0.443. The maximum Gasteiger partial charge on any atom is 0.318 e. The van der Waals surface area contributed by atoms with Crippen LogP contribution >= 0.6 is 11.9 Å². The topological polar surface area (TPSA) is 85.7 Å². The van der Waals surface area contributed by atoms with Crippen molar-refractivity contribution in [2.24, 2.45) is 5.18 Å². The van der Waals surface area contributed by atoms with Crippen molar-refractivity contribution in [1.29, 1.82) is 0 Å². The first-order valence-corrected chi connectivity index (χ1v) is 8.65. The van der Waals surface area contributed by atoms with Gasteiger partial charge in [0.2, 0.25) is 0 Å². The molecule has 0 spiro atoms. The highest BCUT2D eigenvalue weighted by Crippen LogP contribution is 2.30. The number of rotatable bonds is 8. The van der Waals surface area contributed by atoms with Gasteiger partial charge in [-0.1, -0.05) is 24.3 Å². The molecule has 3 rings (SSSR count). The van der Waals surface area contributed by atoms with E-state index >= 15 is 0 Å². The van der Waals surface area contributed by atoms with Crippen LogP contribution in [0.15, 0.2) is 64.8 Å². The van der Waals surface area contributed by atoms with Gasteiger partial charge in [0.15, 0.2) is 11.6 Å². The Morgan fingerprint density at radius 1 is 1.22 bits per heavy atom. The van der Waals surface area contributed by atoms with Crippen LogP contribution in [0.25, 0.3) is 0 Å². The third kappa shape index (κ3) is 4.91. The lowest BCUT2D eigenvalue weighted by Gasteiger charge is -2.09. The molecule has 0 aliphatic carbocycles. The molecule has 0 radical (unpaired) electrons. The number of methoxy groups -OCH3 is 1. The summed E-state index contributed by atoms with van der Waals surface area (Å²) in [7, 11) is 1.58. The SMILES string of the molecule is COc1cccc(COc2ncc(F)c(NSc3ccccc3N=O)n2)c1. The Labute approximate surface area is 159 Å². The molecule has 7 nitrogen and oxygen atoms in total. The summed E-state index contributed by atoms with van der Waals surface area (Å²) in [6.07, 6.45) is 1.01. The number of hydrogen-bond acceptors (Lipinski definition) is 8. The second-order valence-electron chi connectivity index (χ2n) is 5.25. The van der Waals surface area contributed by atoms with E-state index in [0.717, 1.165) is 23.7 Å². The van der Waals surface area contributed by atoms with Gasteiger partial charge in [-0.25, -0.2) is 9.37 Å². The van der Waals surface area contributed by atoms with E-state index in [2.05, 4.69) is 19.9 Å². The van der Waals surface area contributed by atoms with Crippen molar-refractivity contribution in [3.63, 3.8) is 0 Å². The summed E-state index contributed by atoms with van der Waals surface area (Å²) in [5.41, 5.74) is 1.11. The molecule has 1 N–H and O–H groups in total. The molecule has 0 fully saturated rings. The van der Waals surface area contributed by atoms with Crippen LogP contribution in [0.5, 0.6) is 11.8 Å². The minimum Gasteiger partial charge on any atom is -0.497 e. The number of anilines is 1. The van der Waals surface area contributed by atoms with E-state index in [-0.39, 0.29) is 24.1 Å². The van der Waals surface area contributed by atoms with Crippen LogP contribution in [0.1, 0.15) is 5.56 Å². The number of nitrogens with one attached hydrogen (secondary N) is 1. The second kappa shape index (κ2) is 8.95. The standard InChI is InChI=1S/C18H15FN4O3S/c1-25-13-6-4-5-12(9-13)11-26-18-20-10-14(19)17(21-18)23-27-16-8-3-2-7-15(16)22-24/h2-10H,11H2,1H3,(H,20,21,23). The predicted molar refractivity (Wildman–Crippen MR) is 101 cm³/mol. The Bertz CT molecular complexity index is 942. The van der Waals surface area contributed by atoms with E-state index in [1.54, 1.807) is 31.4 Å². The van der Waals surface area contributed by atoms with Crippen molar-refractivity contribution in [3.05, 3.63) is 71.0 Å². The highest BCUT2D eigenvalue weighted by atomic mass is 32.2. The van der Waals surface area contributed by atoms with Crippen LogP contribution in [-0.4, -0.2) is 17.1 Å². The first-order valence-electron chi connectivity index (χ1n) is 7.83. The zero-order chi connectivity index (χ0) is 19.1. The van der Waals surface area contributed by atoms with Gasteiger partial charge in [-0.2, -0.15) is 4.98 Å². The van der Waals surface area contributed by atoms with Gasteiger partial charge in [-0.05, 0) is 47.0 Å². The molecule has 0 aliphatic heterocycles. The lowest BCUT2D eigenvalue weighted by molar-refractivity contribution is 0.279. The summed E-state index contributed by atoms with van der Waals surface area (Å²) in [5.74, 6) is 0.00134. The molecule has 1 aromatic heterocycles. The molecule has 9 heteroatoms. The number of ether oxygens (including phenoxy) is 2. The summed E-state index contributed by atoms with van der Waals surface area (Å²) in [6, 6.07) is 14.1. The second-order valence-corrected chi connectivity index (χ2v) is 6.10. The Morgan fingerprint density at radius 2 is 2.07 bits per heavy atom. The number of halogens is 1. The van der Waals surface area contributed by atoms with Crippen molar-refractivity contribution >= 4 is 23.5 Å². The molecular formula is C18H15FN4O3S. The molecule has 138 valence electrons. The largest absolute Gasteiger partial charge is 0.497 e. The first-order chi connectivity index (χ1) is 13.2. The van der Waals surface area contributed by atoms with Crippen LogP contribution < -0.4 is 14.2 Å². The zero-order valence-electron chi connectivity index (χ0n) is 14.3. The van der Waals surface area contributed by atoms with Crippen LogP contribution in [0.3, 0.4) is 0 Å².